The van der Waals surface area contributed by atoms with E-state index in [0.29, 0.717) is 17.9 Å². The average Bonchev–Trinajstić information content (AvgIpc) is 2.23. The van der Waals surface area contributed by atoms with Crippen LogP contribution in [0.4, 0.5) is 4.39 Å². The van der Waals surface area contributed by atoms with Gasteiger partial charge in [0, 0.05) is 34.9 Å². The Bertz CT molecular complexity index is 373. The Hall–Kier alpha value is -0.450. The van der Waals surface area contributed by atoms with Gasteiger partial charge in [0.1, 0.15) is 5.82 Å². The topological polar surface area (TPSA) is 29.1 Å². The normalized spacial score (nSPS) is 12.7. The van der Waals surface area contributed by atoms with E-state index >= 15 is 0 Å². The smallest absolute Gasteiger partial charge is 0.146 e. The highest BCUT2D eigenvalue weighted by atomic mass is 35.5. The third-order valence-corrected chi connectivity index (χ3v) is 3.29. The van der Waals surface area contributed by atoms with Crippen molar-refractivity contribution in [1.82, 2.24) is 5.32 Å². The van der Waals surface area contributed by atoms with Crippen LogP contribution in [-0.4, -0.2) is 22.8 Å². The highest BCUT2D eigenvalue weighted by molar-refractivity contribution is 7.84. The molecule has 0 amide bonds. The fourth-order valence-electron chi connectivity index (χ4n) is 1.31. The van der Waals surface area contributed by atoms with Crippen LogP contribution in [-0.2, 0) is 17.3 Å². The predicted molar refractivity (Wildman–Crippen MR) is 66.7 cm³/mol. The van der Waals surface area contributed by atoms with Crippen LogP contribution in [0.25, 0.3) is 0 Å². The van der Waals surface area contributed by atoms with Gasteiger partial charge < -0.3 is 5.32 Å². The van der Waals surface area contributed by atoms with E-state index in [1.165, 1.54) is 6.07 Å². The molecule has 2 nitrogen and oxygen atoms in total. The summed E-state index contributed by atoms with van der Waals surface area (Å²) in [5, 5.41) is 3.24. The monoisotopic (exact) mass is 263 g/mol. The maximum atomic E-state index is 13.4. The molecule has 16 heavy (non-hydrogen) atoms. The molecule has 1 unspecified atom stereocenters. The maximum Gasteiger partial charge on any atom is 0.146 e. The standard InChI is InChI=1S/C11H15ClFNOS/c1-16(15)7-3-6-14-8-9-4-2-5-10(12)11(9)13/h2,4-5,14H,3,6-8H2,1H3. The molecule has 5 heteroatoms. The second kappa shape index (κ2) is 6.99. The highest BCUT2D eigenvalue weighted by Crippen LogP contribution is 2.17. The molecule has 0 aliphatic carbocycles. The molecule has 0 spiro atoms. The number of hydrogen-bond acceptors (Lipinski definition) is 2. The van der Waals surface area contributed by atoms with Crippen LogP contribution in [0.3, 0.4) is 0 Å². The first-order valence-electron chi connectivity index (χ1n) is 5.05. The minimum Gasteiger partial charge on any atom is -0.313 e. The first-order valence-corrected chi connectivity index (χ1v) is 7.15. The second-order valence-corrected chi connectivity index (χ2v) is 5.48. The molecule has 0 saturated carbocycles. The van der Waals surface area contributed by atoms with E-state index in [-0.39, 0.29) is 10.8 Å². The molecule has 1 aromatic carbocycles. The first kappa shape index (κ1) is 13.6. The Labute approximate surface area is 103 Å². The molecule has 0 aliphatic rings. The van der Waals surface area contributed by atoms with Crippen LogP contribution in [0, 0.1) is 5.82 Å². The van der Waals surface area contributed by atoms with Crippen molar-refractivity contribution in [2.45, 2.75) is 13.0 Å². The van der Waals surface area contributed by atoms with Gasteiger partial charge in [-0.25, -0.2) is 4.39 Å². The largest absolute Gasteiger partial charge is 0.313 e. The first-order chi connectivity index (χ1) is 7.61. The van der Waals surface area contributed by atoms with Crippen molar-refractivity contribution in [3.05, 3.63) is 34.6 Å². The summed E-state index contributed by atoms with van der Waals surface area (Å²) in [4.78, 5) is 0. The molecule has 0 bridgehead atoms. The van der Waals surface area contributed by atoms with Crippen LogP contribution in [0.5, 0.6) is 0 Å². The maximum absolute atomic E-state index is 13.4. The zero-order valence-electron chi connectivity index (χ0n) is 9.13. The summed E-state index contributed by atoms with van der Waals surface area (Å²) in [6, 6.07) is 4.95. The number of rotatable bonds is 6. The summed E-state index contributed by atoms with van der Waals surface area (Å²) in [5.74, 6) is 0.307. The molecule has 1 N–H and O–H groups in total. The van der Waals surface area contributed by atoms with Gasteiger partial charge in [-0.1, -0.05) is 23.7 Å². The van der Waals surface area contributed by atoms with Gasteiger partial charge in [-0.2, -0.15) is 0 Å². The van der Waals surface area contributed by atoms with Gasteiger partial charge in [-0.3, -0.25) is 4.21 Å². The number of hydrogen-bond donors (Lipinski definition) is 1. The summed E-state index contributed by atoms with van der Waals surface area (Å²) >= 11 is 5.65. The molecular formula is C11H15ClFNOS. The quantitative estimate of drug-likeness (QED) is 0.799. The van der Waals surface area contributed by atoms with Crippen molar-refractivity contribution in [2.75, 3.05) is 18.6 Å². The van der Waals surface area contributed by atoms with E-state index in [0.717, 1.165) is 13.0 Å². The summed E-state index contributed by atoms with van der Waals surface area (Å²) in [5.41, 5.74) is 0.560. The third-order valence-electron chi connectivity index (χ3n) is 2.13. The Morgan fingerprint density at radius 2 is 2.25 bits per heavy atom. The lowest BCUT2D eigenvalue weighted by Crippen LogP contribution is -2.17. The van der Waals surface area contributed by atoms with E-state index < -0.39 is 10.8 Å². The van der Waals surface area contributed by atoms with E-state index in [9.17, 15) is 8.60 Å². The lowest BCUT2D eigenvalue weighted by Gasteiger charge is -2.06. The number of benzene rings is 1. The van der Waals surface area contributed by atoms with Gasteiger partial charge in [-0.05, 0) is 19.0 Å². The molecule has 0 heterocycles. The Balaban J connectivity index is 2.32. The van der Waals surface area contributed by atoms with E-state index in [1.54, 1.807) is 18.4 Å². The molecule has 0 saturated heterocycles. The lowest BCUT2D eigenvalue weighted by molar-refractivity contribution is 0.586. The Kier molecular flexibility index (Phi) is 5.95. The predicted octanol–water partition coefficient (Wildman–Crippen LogP) is 2.34. The van der Waals surface area contributed by atoms with Gasteiger partial charge >= 0.3 is 0 Å². The molecule has 1 aromatic rings. The molecule has 0 radical (unpaired) electrons. The molecule has 1 atom stereocenters. The van der Waals surface area contributed by atoms with Crippen molar-refractivity contribution in [1.29, 1.82) is 0 Å². The van der Waals surface area contributed by atoms with Crippen LogP contribution in [0.15, 0.2) is 18.2 Å². The van der Waals surface area contributed by atoms with Crippen molar-refractivity contribution in [3.8, 4) is 0 Å². The molecule has 0 aliphatic heterocycles. The molecule has 0 fully saturated rings. The van der Waals surface area contributed by atoms with Gasteiger partial charge in [0.05, 0.1) is 5.02 Å². The van der Waals surface area contributed by atoms with Crippen LogP contribution < -0.4 is 5.32 Å². The SMILES string of the molecule is CS(=O)CCCNCc1cccc(Cl)c1F. The van der Waals surface area contributed by atoms with Crippen LogP contribution in [0.2, 0.25) is 5.02 Å². The van der Waals surface area contributed by atoms with Crippen molar-refractivity contribution in [2.24, 2.45) is 0 Å². The van der Waals surface area contributed by atoms with Crippen molar-refractivity contribution >= 4 is 22.4 Å². The number of halogens is 2. The van der Waals surface area contributed by atoms with Gasteiger partial charge in [0.15, 0.2) is 0 Å². The van der Waals surface area contributed by atoms with Gasteiger partial charge in [0.2, 0.25) is 0 Å². The van der Waals surface area contributed by atoms with E-state index in [1.807, 2.05) is 0 Å². The fraction of sp³-hybridized carbons (Fsp3) is 0.455. The van der Waals surface area contributed by atoms with E-state index in [4.69, 9.17) is 11.6 Å². The van der Waals surface area contributed by atoms with Crippen LogP contribution in [0.1, 0.15) is 12.0 Å². The molecule has 90 valence electrons. The summed E-state index contributed by atoms with van der Waals surface area (Å²) < 4.78 is 24.2. The van der Waals surface area contributed by atoms with Gasteiger partial charge in [0.25, 0.3) is 0 Å². The minimum absolute atomic E-state index is 0.147. The van der Waals surface area contributed by atoms with Gasteiger partial charge in [-0.15, -0.1) is 0 Å². The number of nitrogens with one attached hydrogen (secondary N) is 1. The lowest BCUT2D eigenvalue weighted by atomic mass is 10.2. The highest BCUT2D eigenvalue weighted by Gasteiger charge is 2.04. The Morgan fingerprint density at radius 3 is 2.94 bits per heavy atom. The Morgan fingerprint density at radius 1 is 1.50 bits per heavy atom. The summed E-state index contributed by atoms with van der Waals surface area (Å²) in [7, 11) is -0.757. The third kappa shape index (κ3) is 4.60. The zero-order chi connectivity index (χ0) is 12.0. The summed E-state index contributed by atoms with van der Waals surface area (Å²) in [6.07, 6.45) is 2.50. The second-order valence-electron chi connectivity index (χ2n) is 3.52. The summed E-state index contributed by atoms with van der Waals surface area (Å²) in [6.45, 7) is 1.17. The van der Waals surface area contributed by atoms with Crippen molar-refractivity contribution in [3.63, 3.8) is 0 Å². The average molecular weight is 264 g/mol. The van der Waals surface area contributed by atoms with Crippen LogP contribution >= 0.6 is 11.6 Å². The molecular weight excluding hydrogens is 249 g/mol. The molecule has 0 aromatic heterocycles. The minimum atomic E-state index is -0.757. The molecule has 1 rings (SSSR count). The zero-order valence-corrected chi connectivity index (χ0v) is 10.7. The fourth-order valence-corrected chi connectivity index (χ4v) is 2.05. The van der Waals surface area contributed by atoms with E-state index in [2.05, 4.69) is 5.32 Å². The van der Waals surface area contributed by atoms with Crippen molar-refractivity contribution < 1.29 is 8.60 Å².